The van der Waals surface area contributed by atoms with Gasteiger partial charge in [-0.15, -0.1) is 0 Å². The van der Waals surface area contributed by atoms with Crippen LogP contribution in [0.5, 0.6) is 0 Å². The van der Waals surface area contributed by atoms with E-state index in [1.165, 1.54) is 23.3 Å². The van der Waals surface area contributed by atoms with Crippen molar-refractivity contribution in [3.05, 3.63) is 97.1 Å². The summed E-state index contributed by atoms with van der Waals surface area (Å²) >= 11 is 0. The Morgan fingerprint density at radius 3 is 1.22 bits per heavy atom. The Hall–Kier alpha value is -3.35. The van der Waals surface area contributed by atoms with Crippen LogP contribution in [0.15, 0.2) is 86.0 Å². The molecule has 0 heterocycles. The summed E-state index contributed by atoms with van der Waals surface area (Å²) in [5.74, 6) is -0.720. The molecule has 10 nitrogen and oxygen atoms in total. The fraction of sp³-hybridized carbons (Fsp3) is 0.400. The average molecular weight is 593 g/mol. The molecule has 0 aliphatic heterocycles. The lowest BCUT2D eigenvalue weighted by atomic mass is 10.2. The van der Waals surface area contributed by atoms with Crippen LogP contribution in [0.3, 0.4) is 0 Å². The Morgan fingerprint density at radius 2 is 1.00 bits per heavy atom. The number of ether oxygens (including phenoxy) is 2. The molecule has 2 aromatic rings. The van der Waals surface area contributed by atoms with Crippen LogP contribution < -0.4 is 0 Å². The first-order valence-corrected chi connectivity index (χ1v) is 14.4. The van der Waals surface area contributed by atoms with Crippen LogP contribution in [0.4, 0.5) is 0 Å². The summed E-state index contributed by atoms with van der Waals surface area (Å²) in [6.07, 6.45) is 3.67. The molecule has 0 aromatic heterocycles. The van der Waals surface area contributed by atoms with Crippen molar-refractivity contribution in [2.45, 2.75) is 52.2 Å². The molecule has 0 aliphatic rings. The summed E-state index contributed by atoms with van der Waals surface area (Å²) < 4.78 is 46.1. The zero-order chi connectivity index (χ0) is 31.7. The fourth-order valence-electron chi connectivity index (χ4n) is 4.12. The molecule has 0 amide bonds. The lowest BCUT2D eigenvalue weighted by Gasteiger charge is -2.36. The standard InChI is InChI=1S/2C15H22NO2.H2O4S/c2*1-5-14(18-15(17)6-2)16(3,4)12-13-10-8-7-9-11-13;1-5(2,3)4/h2*6-11,14H,2,5,12H2,1,3-4H3;(H2,1,2,3,4)/q2*+1;/p-2. The van der Waals surface area contributed by atoms with Gasteiger partial charge in [0.25, 0.3) is 0 Å². The van der Waals surface area contributed by atoms with Gasteiger partial charge >= 0.3 is 11.9 Å². The first-order chi connectivity index (χ1) is 19.0. The zero-order valence-electron chi connectivity index (χ0n) is 24.9. The predicted molar refractivity (Wildman–Crippen MR) is 156 cm³/mol. The smallest absolute Gasteiger partial charge is 0.334 e. The van der Waals surface area contributed by atoms with Gasteiger partial charge < -0.3 is 18.6 Å². The lowest BCUT2D eigenvalue weighted by molar-refractivity contribution is -0.947. The first-order valence-electron chi connectivity index (χ1n) is 13.0. The molecule has 0 spiro atoms. The lowest BCUT2D eigenvalue weighted by Crippen LogP contribution is -2.49. The van der Waals surface area contributed by atoms with Gasteiger partial charge in [0.05, 0.1) is 28.2 Å². The molecule has 0 aliphatic carbocycles. The van der Waals surface area contributed by atoms with Crippen LogP contribution in [0.1, 0.15) is 37.8 Å². The number of carbonyl (C=O) groups excluding carboxylic acids is 2. The first kappa shape index (κ1) is 37.6. The highest BCUT2D eigenvalue weighted by atomic mass is 32.3. The van der Waals surface area contributed by atoms with E-state index in [4.69, 9.17) is 27.0 Å². The van der Waals surface area contributed by atoms with E-state index >= 15 is 0 Å². The molecule has 0 radical (unpaired) electrons. The molecule has 0 bridgehead atoms. The number of benzene rings is 2. The van der Waals surface area contributed by atoms with Crippen molar-refractivity contribution in [3.63, 3.8) is 0 Å². The van der Waals surface area contributed by atoms with Gasteiger partial charge in [0.15, 0.2) is 0 Å². The van der Waals surface area contributed by atoms with Crippen molar-refractivity contribution in [2.75, 3.05) is 28.2 Å². The second-order valence-corrected chi connectivity index (χ2v) is 11.1. The Kier molecular flexibility index (Phi) is 16.7. The van der Waals surface area contributed by atoms with Crippen molar-refractivity contribution in [2.24, 2.45) is 0 Å². The highest BCUT2D eigenvalue weighted by Gasteiger charge is 2.30. The molecule has 2 unspecified atom stereocenters. The van der Waals surface area contributed by atoms with Crippen LogP contribution in [-0.4, -0.2) is 79.1 Å². The third-order valence-electron chi connectivity index (χ3n) is 5.96. The highest BCUT2D eigenvalue weighted by Crippen LogP contribution is 2.19. The summed E-state index contributed by atoms with van der Waals surface area (Å²) in [6, 6.07) is 20.4. The van der Waals surface area contributed by atoms with Crippen LogP contribution in [0, 0.1) is 0 Å². The number of rotatable bonds is 12. The summed E-state index contributed by atoms with van der Waals surface area (Å²) in [4.78, 5) is 22.7. The molecular weight excluding hydrogens is 548 g/mol. The number of esters is 2. The molecule has 2 rings (SSSR count). The van der Waals surface area contributed by atoms with E-state index in [0.29, 0.717) is 8.97 Å². The quantitative estimate of drug-likeness (QED) is 0.0898. The summed E-state index contributed by atoms with van der Waals surface area (Å²) in [6.45, 7) is 12.6. The Labute approximate surface area is 245 Å². The van der Waals surface area contributed by atoms with Gasteiger partial charge in [0.2, 0.25) is 12.5 Å². The Balaban J connectivity index is 0.000000671. The topological polar surface area (TPSA) is 133 Å². The van der Waals surface area contributed by atoms with Crippen molar-refractivity contribution in [3.8, 4) is 0 Å². The van der Waals surface area contributed by atoms with Crippen LogP contribution in [0.25, 0.3) is 0 Å². The predicted octanol–water partition coefficient (Wildman–Crippen LogP) is 4.12. The number of hydrogen-bond donors (Lipinski definition) is 0. The second-order valence-electron chi connectivity index (χ2n) is 10.3. The molecule has 2 aromatic carbocycles. The van der Waals surface area contributed by atoms with Crippen LogP contribution in [-0.2, 0) is 42.6 Å². The van der Waals surface area contributed by atoms with E-state index in [2.05, 4.69) is 65.6 Å². The maximum absolute atomic E-state index is 11.3. The third-order valence-corrected chi connectivity index (χ3v) is 5.96. The molecule has 0 saturated heterocycles. The van der Waals surface area contributed by atoms with Gasteiger partial charge in [-0.05, 0) is 0 Å². The summed E-state index contributed by atoms with van der Waals surface area (Å²) in [7, 11) is 3.10. The molecule has 41 heavy (non-hydrogen) atoms. The Morgan fingerprint density at radius 1 is 0.732 bits per heavy atom. The van der Waals surface area contributed by atoms with Crippen LogP contribution >= 0.6 is 0 Å². The molecule has 11 heteroatoms. The van der Waals surface area contributed by atoms with E-state index in [1.807, 2.05) is 50.2 Å². The maximum atomic E-state index is 11.3. The fourth-order valence-corrected chi connectivity index (χ4v) is 4.12. The molecule has 0 saturated carbocycles. The average Bonchev–Trinajstić information content (AvgIpc) is 2.89. The number of nitrogens with zero attached hydrogens (tertiary/aromatic N) is 2. The number of quaternary nitrogens is 2. The van der Waals surface area contributed by atoms with E-state index in [0.717, 1.165) is 25.9 Å². The highest BCUT2D eigenvalue weighted by molar-refractivity contribution is 7.79. The normalized spacial score (nSPS) is 12.7. The van der Waals surface area contributed by atoms with Gasteiger partial charge in [-0.1, -0.05) is 87.7 Å². The van der Waals surface area contributed by atoms with E-state index < -0.39 is 10.4 Å². The molecule has 2 atom stereocenters. The number of hydrogen-bond acceptors (Lipinski definition) is 8. The van der Waals surface area contributed by atoms with E-state index in [1.54, 1.807) is 0 Å². The van der Waals surface area contributed by atoms with E-state index in [-0.39, 0.29) is 24.4 Å². The van der Waals surface area contributed by atoms with Crippen molar-refractivity contribution >= 4 is 22.3 Å². The molecule has 0 N–H and O–H groups in total. The van der Waals surface area contributed by atoms with Gasteiger partial charge in [0.1, 0.15) is 13.1 Å². The summed E-state index contributed by atoms with van der Waals surface area (Å²) in [5, 5.41) is 0. The molecule has 228 valence electrons. The van der Waals surface area contributed by atoms with Gasteiger partial charge in [-0.3, -0.25) is 17.4 Å². The van der Waals surface area contributed by atoms with Crippen molar-refractivity contribution in [1.29, 1.82) is 0 Å². The Bertz CT molecular complexity index is 1100. The zero-order valence-corrected chi connectivity index (χ0v) is 25.7. The monoisotopic (exact) mass is 592 g/mol. The molecule has 0 fully saturated rings. The number of carbonyl (C=O) groups is 2. The minimum absolute atomic E-state index is 0.157. The van der Waals surface area contributed by atoms with Crippen molar-refractivity contribution < 1.29 is 45.6 Å². The molecular formula is C30H44N2O8S. The van der Waals surface area contributed by atoms with Crippen LogP contribution in [0.2, 0.25) is 0 Å². The third kappa shape index (κ3) is 17.2. The SMILES string of the molecule is C=CC(=O)OC(CC)[N+](C)(C)Cc1ccccc1.C=CC(=O)OC(CC)[N+](C)(C)Cc1ccccc1.O=S(=O)([O-])[O-]. The second kappa shape index (κ2) is 18.2. The minimum atomic E-state index is -5.17. The van der Waals surface area contributed by atoms with Gasteiger partial charge in [0, 0.05) is 46.5 Å². The maximum Gasteiger partial charge on any atom is 0.334 e. The van der Waals surface area contributed by atoms with Gasteiger partial charge in [-0.25, -0.2) is 9.59 Å². The van der Waals surface area contributed by atoms with Crippen molar-refractivity contribution in [1.82, 2.24) is 0 Å². The van der Waals surface area contributed by atoms with E-state index in [9.17, 15) is 9.59 Å². The largest absolute Gasteiger partial charge is 0.759 e. The summed E-state index contributed by atoms with van der Waals surface area (Å²) in [5.41, 5.74) is 2.46. The van der Waals surface area contributed by atoms with Gasteiger partial charge in [-0.2, -0.15) is 0 Å². The minimum Gasteiger partial charge on any atom is -0.759 e.